The van der Waals surface area contributed by atoms with E-state index in [0.717, 1.165) is 5.56 Å². The summed E-state index contributed by atoms with van der Waals surface area (Å²) < 4.78 is 5.59. The zero-order valence-corrected chi connectivity index (χ0v) is 14.8. The fraction of sp³-hybridized carbons (Fsp3) is 0.0556. The molecule has 0 aromatic heterocycles. The first-order chi connectivity index (χ1) is 12.0. The van der Waals surface area contributed by atoms with Crippen molar-refractivity contribution < 1.29 is 19.4 Å². The van der Waals surface area contributed by atoms with Gasteiger partial charge in [0.1, 0.15) is 5.75 Å². The number of benzene rings is 2. The van der Waals surface area contributed by atoms with E-state index in [2.05, 4.69) is 0 Å². The second-order valence-electron chi connectivity index (χ2n) is 5.15. The van der Waals surface area contributed by atoms with E-state index in [4.69, 9.17) is 22.1 Å². The third-order valence-electron chi connectivity index (χ3n) is 3.56. The molecule has 0 bridgehead atoms. The maximum Gasteiger partial charge on any atom is 0.335 e. The van der Waals surface area contributed by atoms with Crippen LogP contribution in [-0.4, -0.2) is 28.4 Å². The van der Waals surface area contributed by atoms with E-state index in [1.54, 1.807) is 25.3 Å². The Labute approximate surface area is 153 Å². The van der Waals surface area contributed by atoms with Crippen molar-refractivity contribution in [1.29, 1.82) is 0 Å². The lowest BCUT2D eigenvalue weighted by Crippen LogP contribution is -2.27. The van der Waals surface area contributed by atoms with Crippen molar-refractivity contribution >= 4 is 51.9 Å². The molecule has 0 atom stereocenters. The average molecular weight is 371 g/mol. The number of hydrogen-bond acceptors (Lipinski definition) is 5. The van der Waals surface area contributed by atoms with E-state index in [1.165, 1.54) is 28.8 Å². The first-order valence-corrected chi connectivity index (χ1v) is 8.47. The predicted molar refractivity (Wildman–Crippen MR) is 102 cm³/mol. The maximum absolute atomic E-state index is 12.7. The Morgan fingerprint density at radius 2 is 1.96 bits per heavy atom. The Morgan fingerprint density at radius 3 is 2.60 bits per heavy atom. The van der Waals surface area contributed by atoms with Gasteiger partial charge in [0, 0.05) is 0 Å². The molecule has 0 spiro atoms. The highest BCUT2D eigenvalue weighted by atomic mass is 32.2. The van der Waals surface area contributed by atoms with Crippen LogP contribution in [0.5, 0.6) is 5.75 Å². The molecule has 2 aromatic carbocycles. The lowest BCUT2D eigenvalue weighted by atomic mass is 10.2. The monoisotopic (exact) mass is 371 g/mol. The Balaban J connectivity index is 1.89. The summed E-state index contributed by atoms with van der Waals surface area (Å²) >= 11 is 6.52. The molecule has 0 radical (unpaired) electrons. The summed E-state index contributed by atoms with van der Waals surface area (Å²) in [6.07, 6.45) is 1.76. The molecule has 25 heavy (non-hydrogen) atoms. The molecule has 1 heterocycles. The normalized spacial score (nSPS) is 15.7. The molecule has 1 amide bonds. The van der Waals surface area contributed by atoms with Crippen LogP contribution in [0.4, 0.5) is 5.69 Å². The molecule has 1 N–H and O–H groups in total. The number of rotatable bonds is 4. The SMILES string of the molecule is COc1cccc(/C=C2/SC(=S)N(c3ccc(C(=O)O)cc3)C2=O)c1. The minimum Gasteiger partial charge on any atom is -0.497 e. The predicted octanol–water partition coefficient (Wildman–Crippen LogP) is 3.80. The summed E-state index contributed by atoms with van der Waals surface area (Å²) in [5.74, 6) is -0.552. The second-order valence-corrected chi connectivity index (χ2v) is 6.82. The molecule has 1 saturated heterocycles. The van der Waals surface area contributed by atoms with Gasteiger partial charge in [0.05, 0.1) is 23.3 Å². The zero-order chi connectivity index (χ0) is 18.0. The van der Waals surface area contributed by atoms with E-state index in [0.29, 0.717) is 20.7 Å². The number of nitrogens with zero attached hydrogens (tertiary/aromatic N) is 1. The number of ether oxygens (including phenoxy) is 1. The van der Waals surface area contributed by atoms with Crippen LogP contribution in [0.2, 0.25) is 0 Å². The van der Waals surface area contributed by atoms with Crippen LogP contribution in [0.3, 0.4) is 0 Å². The molecule has 1 fully saturated rings. The van der Waals surface area contributed by atoms with E-state index < -0.39 is 5.97 Å². The smallest absolute Gasteiger partial charge is 0.335 e. The van der Waals surface area contributed by atoms with Crippen LogP contribution in [0.1, 0.15) is 15.9 Å². The molecule has 0 aliphatic carbocycles. The quantitative estimate of drug-likeness (QED) is 0.651. The van der Waals surface area contributed by atoms with E-state index >= 15 is 0 Å². The minimum absolute atomic E-state index is 0.154. The Hall–Kier alpha value is -2.64. The number of amides is 1. The Kier molecular flexibility index (Phi) is 4.87. The van der Waals surface area contributed by atoms with Crippen molar-refractivity contribution in [2.45, 2.75) is 0 Å². The van der Waals surface area contributed by atoms with E-state index in [9.17, 15) is 9.59 Å². The molecular formula is C18H13NO4S2. The summed E-state index contributed by atoms with van der Waals surface area (Å²) in [5.41, 5.74) is 1.53. The summed E-state index contributed by atoms with van der Waals surface area (Å²) in [6, 6.07) is 13.4. The first-order valence-electron chi connectivity index (χ1n) is 7.25. The highest BCUT2D eigenvalue weighted by Gasteiger charge is 2.33. The molecule has 1 aliphatic rings. The highest BCUT2D eigenvalue weighted by molar-refractivity contribution is 8.27. The third kappa shape index (κ3) is 3.57. The van der Waals surface area contributed by atoms with Crippen molar-refractivity contribution in [1.82, 2.24) is 0 Å². The van der Waals surface area contributed by atoms with Crippen molar-refractivity contribution in [3.8, 4) is 5.75 Å². The minimum atomic E-state index is -1.02. The fourth-order valence-electron chi connectivity index (χ4n) is 2.33. The van der Waals surface area contributed by atoms with Gasteiger partial charge >= 0.3 is 5.97 Å². The van der Waals surface area contributed by atoms with Crippen LogP contribution >= 0.6 is 24.0 Å². The van der Waals surface area contributed by atoms with Crippen LogP contribution in [0.15, 0.2) is 53.4 Å². The summed E-state index contributed by atoms with van der Waals surface area (Å²) in [5, 5.41) is 8.96. The topological polar surface area (TPSA) is 66.8 Å². The lowest BCUT2D eigenvalue weighted by molar-refractivity contribution is -0.113. The third-order valence-corrected chi connectivity index (χ3v) is 4.86. The highest BCUT2D eigenvalue weighted by Crippen LogP contribution is 2.36. The van der Waals surface area contributed by atoms with E-state index in [-0.39, 0.29) is 11.5 Å². The van der Waals surface area contributed by atoms with Crippen LogP contribution in [0, 0.1) is 0 Å². The van der Waals surface area contributed by atoms with Crippen molar-refractivity contribution in [3.05, 3.63) is 64.6 Å². The Morgan fingerprint density at radius 1 is 1.24 bits per heavy atom. The van der Waals surface area contributed by atoms with Gasteiger partial charge in [-0.05, 0) is 48.0 Å². The van der Waals surface area contributed by atoms with Gasteiger partial charge in [-0.1, -0.05) is 36.1 Å². The number of carboxylic acids is 1. The van der Waals surface area contributed by atoms with Crippen LogP contribution < -0.4 is 9.64 Å². The number of carbonyl (C=O) groups is 2. The van der Waals surface area contributed by atoms with Gasteiger partial charge < -0.3 is 9.84 Å². The van der Waals surface area contributed by atoms with Crippen LogP contribution in [0.25, 0.3) is 6.08 Å². The molecule has 2 aromatic rings. The number of carbonyl (C=O) groups excluding carboxylic acids is 1. The van der Waals surface area contributed by atoms with Gasteiger partial charge in [-0.2, -0.15) is 0 Å². The number of thiocarbonyl (C=S) groups is 1. The van der Waals surface area contributed by atoms with Crippen molar-refractivity contribution in [2.24, 2.45) is 0 Å². The van der Waals surface area contributed by atoms with E-state index in [1.807, 2.05) is 24.3 Å². The summed E-state index contributed by atoms with van der Waals surface area (Å²) in [7, 11) is 1.58. The number of hydrogen-bond donors (Lipinski definition) is 1. The number of thioether (sulfide) groups is 1. The Bertz CT molecular complexity index is 890. The van der Waals surface area contributed by atoms with Crippen molar-refractivity contribution in [3.63, 3.8) is 0 Å². The number of methoxy groups -OCH3 is 1. The maximum atomic E-state index is 12.7. The van der Waals surface area contributed by atoms with Gasteiger partial charge in [-0.25, -0.2) is 4.79 Å². The van der Waals surface area contributed by atoms with Crippen molar-refractivity contribution in [2.75, 3.05) is 12.0 Å². The van der Waals surface area contributed by atoms with Gasteiger partial charge in [-0.3, -0.25) is 9.69 Å². The molecule has 7 heteroatoms. The lowest BCUT2D eigenvalue weighted by Gasteiger charge is -2.14. The van der Waals surface area contributed by atoms with Crippen LogP contribution in [-0.2, 0) is 4.79 Å². The summed E-state index contributed by atoms with van der Waals surface area (Å²) in [4.78, 5) is 25.5. The fourth-order valence-corrected chi connectivity index (χ4v) is 3.63. The summed E-state index contributed by atoms with van der Waals surface area (Å²) in [6.45, 7) is 0. The molecule has 5 nitrogen and oxygen atoms in total. The molecule has 1 aliphatic heterocycles. The number of aromatic carboxylic acids is 1. The second kappa shape index (κ2) is 7.08. The molecule has 3 rings (SSSR count). The van der Waals surface area contributed by atoms with Gasteiger partial charge in [0.15, 0.2) is 4.32 Å². The standard InChI is InChI=1S/C18H13NO4S2/c1-23-14-4-2-3-11(9-14)10-15-16(20)19(18(24)25-15)13-7-5-12(6-8-13)17(21)22/h2-10H,1H3,(H,21,22)/b15-10+. The number of carboxylic acid groups (broad SMARTS) is 1. The molecular weight excluding hydrogens is 358 g/mol. The van der Waals surface area contributed by atoms with Gasteiger partial charge in [0.25, 0.3) is 5.91 Å². The first kappa shape index (κ1) is 17.2. The zero-order valence-electron chi connectivity index (χ0n) is 13.1. The van der Waals surface area contributed by atoms with Gasteiger partial charge in [0.2, 0.25) is 0 Å². The molecule has 0 saturated carbocycles. The van der Waals surface area contributed by atoms with Gasteiger partial charge in [-0.15, -0.1) is 0 Å². The average Bonchev–Trinajstić information content (AvgIpc) is 2.88. The largest absolute Gasteiger partial charge is 0.497 e. The number of anilines is 1. The molecule has 126 valence electrons. The molecule has 0 unspecified atom stereocenters.